The van der Waals surface area contributed by atoms with Crippen molar-refractivity contribution in [3.8, 4) is 11.5 Å². The lowest BCUT2D eigenvalue weighted by molar-refractivity contribution is 0.101. The number of hydrogen-bond donors (Lipinski definition) is 2. The van der Waals surface area contributed by atoms with Gasteiger partial charge in [0.25, 0.3) is 5.91 Å². The average molecular weight is 606 g/mol. The van der Waals surface area contributed by atoms with E-state index in [0.29, 0.717) is 18.9 Å². The maximum absolute atomic E-state index is 13.5. The topological polar surface area (TPSA) is 73.8 Å². The van der Waals surface area contributed by atoms with Crippen LogP contribution in [0.5, 0.6) is 11.5 Å². The minimum Gasteiger partial charge on any atom is -0.490 e. The van der Waals surface area contributed by atoms with Crippen molar-refractivity contribution >= 4 is 41.5 Å². The number of hydrogen-bond acceptors (Lipinski definition) is 6. The molecule has 2 aromatic heterocycles. The van der Waals surface area contributed by atoms with Gasteiger partial charge in [0, 0.05) is 18.3 Å². The van der Waals surface area contributed by atoms with Gasteiger partial charge in [-0.3, -0.25) is 4.79 Å². The smallest absolute Gasteiger partial charge is 0.272 e. The SMILES string of the molecule is Cn1c(C(=O)Nc2cccc(CO[Si](C)(C)C(C)(C)C)c2COc2ccc(OC3CCNCC3)cc2)cc2sccc21. The minimum absolute atomic E-state index is 0.0901. The molecule has 9 heteroatoms. The summed E-state index contributed by atoms with van der Waals surface area (Å²) >= 11 is 1.63. The number of nitrogens with zero attached hydrogens (tertiary/aromatic N) is 1. The number of piperidine rings is 1. The van der Waals surface area contributed by atoms with Gasteiger partial charge in [0.2, 0.25) is 0 Å². The van der Waals surface area contributed by atoms with E-state index in [-0.39, 0.29) is 17.0 Å². The van der Waals surface area contributed by atoms with Crippen molar-refractivity contribution in [2.24, 2.45) is 7.05 Å². The number of amides is 1. The van der Waals surface area contributed by atoms with E-state index in [1.165, 1.54) is 0 Å². The Morgan fingerprint density at radius 3 is 2.45 bits per heavy atom. The summed E-state index contributed by atoms with van der Waals surface area (Å²) < 4.78 is 22.1. The van der Waals surface area contributed by atoms with Gasteiger partial charge in [-0.05, 0) is 97.5 Å². The maximum atomic E-state index is 13.5. The molecule has 5 rings (SSSR count). The summed E-state index contributed by atoms with van der Waals surface area (Å²) in [4.78, 5) is 13.5. The standard InChI is InChI=1S/C33H43N3O4SSi/c1-33(2,3)42(5,6)39-21-23-8-7-9-28(35-32(37)30-20-31-29(36(30)4)16-19-41-31)27(23)22-38-24-10-12-25(13-11-24)40-26-14-17-34-18-15-26/h7-13,16,19-20,26,34H,14-15,17-18,21-22H2,1-6H3,(H,35,37). The molecule has 0 unspecified atom stereocenters. The molecule has 1 aliphatic rings. The fourth-order valence-electron chi connectivity index (χ4n) is 4.86. The quantitative estimate of drug-likeness (QED) is 0.181. The zero-order valence-corrected chi connectivity index (χ0v) is 27.4. The Kier molecular flexibility index (Phi) is 9.13. The summed E-state index contributed by atoms with van der Waals surface area (Å²) in [6.45, 7) is 14.0. The van der Waals surface area contributed by atoms with Gasteiger partial charge < -0.3 is 29.1 Å². The van der Waals surface area contributed by atoms with E-state index in [2.05, 4.69) is 50.6 Å². The number of benzene rings is 2. The molecule has 0 atom stereocenters. The molecule has 0 spiro atoms. The molecule has 0 radical (unpaired) electrons. The molecule has 0 aliphatic carbocycles. The number of aryl methyl sites for hydroxylation is 1. The largest absolute Gasteiger partial charge is 0.490 e. The number of fused-ring (bicyclic) bond motifs is 1. The van der Waals surface area contributed by atoms with Crippen molar-refractivity contribution in [2.45, 2.75) is 71.1 Å². The van der Waals surface area contributed by atoms with Crippen molar-refractivity contribution in [3.05, 3.63) is 76.8 Å². The summed E-state index contributed by atoms with van der Waals surface area (Å²) in [6, 6.07) is 17.8. The van der Waals surface area contributed by atoms with E-state index in [4.69, 9.17) is 13.9 Å². The lowest BCUT2D eigenvalue weighted by Gasteiger charge is -2.36. The molecule has 224 valence electrons. The molecule has 1 aliphatic heterocycles. The molecule has 1 fully saturated rings. The number of carbonyl (C=O) groups is 1. The van der Waals surface area contributed by atoms with E-state index in [9.17, 15) is 4.79 Å². The third-order valence-corrected chi connectivity index (χ3v) is 13.9. The summed E-state index contributed by atoms with van der Waals surface area (Å²) in [5, 5.41) is 8.67. The third kappa shape index (κ3) is 6.91. The highest BCUT2D eigenvalue weighted by Crippen LogP contribution is 2.38. The molecular formula is C33H43N3O4SSi. The zero-order chi connectivity index (χ0) is 29.9. The van der Waals surface area contributed by atoms with E-state index < -0.39 is 8.32 Å². The maximum Gasteiger partial charge on any atom is 0.272 e. The van der Waals surface area contributed by atoms with Gasteiger partial charge in [0.15, 0.2) is 8.32 Å². The lowest BCUT2D eigenvalue weighted by Crippen LogP contribution is -2.40. The second kappa shape index (κ2) is 12.6. The Morgan fingerprint density at radius 2 is 1.76 bits per heavy atom. The van der Waals surface area contributed by atoms with E-state index in [0.717, 1.165) is 64.5 Å². The van der Waals surface area contributed by atoms with Crippen molar-refractivity contribution in [2.75, 3.05) is 18.4 Å². The Morgan fingerprint density at radius 1 is 1.05 bits per heavy atom. The highest BCUT2D eigenvalue weighted by molar-refractivity contribution is 7.17. The van der Waals surface area contributed by atoms with Gasteiger partial charge >= 0.3 is 0 Å². The third-order valence-electron chi connectivity index (χ3n) is 8.61. The zero-order valence-electron chi connectivity index (χ0n) is 25.6. The molecule has 42 heavy (non-hydrogen) atoms. The van der Waals surface area contributed by atoms with Crippen molar-refractivity contribution in [1.29, 1.82) is 0 Å². The van der Waals surface area contributed by atoms with E-state index in [1.807, 2.05) is 65.5 Å². The second-order valence-electron chi connectivity index (χ2n) is 12.5. The molecule has 2 aromatic carbocycles. The average Bonchev–Trinajstić information content (AvgIpc) is 3.55. The molecule has 1 saturated heterocycles. The van der Waals surface area contributed by atoms with Crippen molar-refractivity contribution in [3.63, 3.8) is 0 Å². The van der Waals surface area contributed by atoms with Crippen LogP contribution in [0.15, 0.2) is 60.0 Å². The highest BCUT2D eigenvalue weighted by Gasteiger charge is 2.37. The Bertz CT molecular complexity index is 1510. The lowest BCUT2D eigenvalue weighted by atomic mass is 10.1. The predicted molar refractivity (Wildman–Crippen MR) is 174 cm³/mol. The Labute approximate surface area is 254 Å². The molecular weight excluding hydrogens is 563 g/mol. The summed E-state index contributed by atoms with van der Waals surface area (Å²) in [5.41, 5.74) is 4.33. The Hall–Kier alpha value is -3.11. The Balaban J connectivity index is 1.35. The van der Waals surface area contributed by atoms with Crippen LogP contribution in [0.1, 0.15) is 55.2 Å². The van der Waals surface area contributed by atoms with Gasteiger partial charge in [-0.25, -0.2) is 0 Å². The van der Waals surface area contributed by atoms with Crippen LogP contribution in [0.2, 0.25) is 18.1 Å². The number of rotatable bonds is 10. The van der Waals surface area contributed by atoms with Gasteiger partial charge in [-0.1, -0.05) is 32.9 Å². The number of anilines is 1. The van der Waals surface area contributed by atoms with Gasteiger partial charge in [0.1, 0.15) is 29.9 Å². The molecule has 7 nitrogen and oxygen atoms in total. The molecule has 3 heterocycles. The summed E-state index contributed by atoms with van der Waals surface area (Å²) in [7, 11) is -0.0650. The number of ether oxygens (including phenoxy) is 2. The number of nitrogens with one attached hydrogen (secondary N) is 2. The van der Waals surface area contributed by atoms with Gasteiger partial charge in [0.05, 0.1) is 16.8 Å². The minimum atomic E-state index is -1.99. The van der Waals surface area contributed by atoms with Crippen molar-refractivity contribution < 1.29 is 18.7 Å². The van der Waals surface area contributed by atoms with Gasteiger partial charge in [-0.2, -0.15) is 0 Å². The fraction of sp³-hybridized carbons (Fsp3) is 0.424. The van der Waals surface area contributed by atoms with Crippen LogP contribution in [-0.2, 0) is 24.7 Å². The molecule has 0 saturated carbocycles. The molecule has 0 bridgehead atoms. The first-order chi connectivity index (χ1) is 20.0. The first-order valence-corrected chi connectivity index (χ1v) is 18.5. The fourth-order valence-corrected chi connectivity index (χ4v) is 6.66. The molecule has 4 aromatic rings. The van der Waals surface area contributed by atoms with Crippen LogP contribution in [-0.4, -0.2) is 38.0 Å². The van der Waals surface area contributed by atoms with Crippen LogP contribution in [0.3, 0.4) is 0 Å². The summed E-state index contributed by atoms with van der Waals surface area (Å²) in [6.07, 6.45) is 2.28. The van der Waals surface area contributed by atoms with Crippen LogP contribution >= 0.6 is 11.3 Å². The molecule has 2 N–H and O–H groups in total. The normalized spacial score (nSPS) is 14.7. The van der Waals surface area contributed by atoms with Crippen LogP contribution in [0.25, 0.3) is 10.2 Å². The van der Waals surface area contributed by atoms with Gasteiger partial charge in [-0.15, -0.1) is 11.3 Å². The van der Waals surface area contributed by atoms with Crippen LogP contribution in [0, 0.1) is 0 Å². The van der Waals surface area contributed by atoms with E-state index >= 15 is 0 Å². The van der Waals surface area contributed by atoms with E-state index in [1.54, 1.807) is 11.3 Å². The van der Waals surface area contributed by atoms with Crippen LogP contribution in [0.4, 0.5) is 5.69 Å². The number of thiophene rings is 1. The summed E-state index contributed by atoms with van der Waals surface area (Å²) in [5.74, 6) is 1.45. The highest BCUT2D eigenvalue weighted by atomic mass is 32.1. The second-order valence-corrected chi connectivity index (χ2v) is 18.3. The first-order valence-electron chi connectivity index (χ1n) is 14.7. The van der Waals surface area contributed by atoms with Crippen LogP contribution < -0.4 is 20.1 Å². The first kappa shape index (κ1) is 30.3. The molecule has 1 amide bonds. The monoisotopic (exact) mass is 605 g/mol. The van der Waals surface area contributed by atoms with Crippen molar-refractivity contribution in [1.82, 2.24) is 9.88 Å². The number of carbonyl (C=O) groups excluding carboxylic acids is 1. The predicted octanol–water partition coefficient (Wildman–Crippen LogP) is 7.72. The number of aromatic nitrogens is 1.